The van der Waals surface area contributed by atoms with Gasteiger partial charge >= 0.3 is 0 Å². The van der Waals surface area contributed by atoms with Gasteiger partial charge in [-0.05, 0) is 47.6 Å². The molecule has 0 radical (unpaired) electrons. The van der Waals surface area contributed by atoms with Gasteiger partial charge in [0.15, 0.2) is 11.2 Å². The summed E-state index contributed by atoms with van der Waals surface area (Å²) in [6.07, 6.45) is -0.0697. The molecule has 0 bridgehead atoms. The summed E-state index contributed by atoms with van der Waals surface area (Å²) >= 11 is 0. The molecule has 192 valence electrons. The van der Waals surface area contributed by atoms with Crippen LogP contribution in [-0.4, -0.2) is 31.3 Å². The fraction of sp³-hybridized carbons (Fsp3) is 0.200. The Hall–Kier alpha value is -4.72. The van der Waals surface area contributed by atoms with Gasteiger partial charge in [-0.1, -0.05) is 26.0 Å². The average Bonchev–Trinajstić information content (AvgIpc) is 2.83. The first-order chi connectivity index (χ1) is 18.1. The molecule has 3 atom stereocenters. The van der Waals surface area contributed by atoms with Gasteiger partial charge in [0, 0.05) is 34.9 Å². The van der Waals surface area contributed by atoms with E-state index < -0.39 is 29.0 Å². The first kappa shape index (κ1) is 23.7. The van der Waals surface area contributed by atoms with Crippen LogP contribution in [-0.2, 0) is 0 Å². The number of carbonyl (C=O) groups is 1. The minimum atomic E-state index is -0.548. The maximum absolute atomic E-state index is 13.3. The third-order valence-electron chi connectivity index (χ3n) is 7.84. The van der Waals surface area contributed by atoms with E-state index in [4.69, 9.17) is 4.42 Å². The molecule has 4 aromatic carbocycles. The number of hydrogen-bond donors (Lipinski definition) is 5. The van der Waals surface area contributed by atoms with Crippen molar-refractivity contribution in [3.05, 3.63) is 75.4 Å². The summed E-state index contributed by atoms with van der Waals surface area (Å²) in [5.74, 6) is -3.03. The molecule has 8 heteroatoms. The van der Waals surface area contributed by atoms with Crippen LogP contribution in [0.1, 0.15) is 53.6 Å². The fourth-order valence-electron chi connectivity index (χ4n) is 6.37. The van der Waals surface area contributed by atoms with Crippen molar-refractivity contribution in [1.29, 1.82) is 0 Å². The molecule has 5 aromatic rings. The van der Waals surface area contributed by atoms with E-state index in [0.717, 1.165) is 6.07 Å². The van der Waals surface area contributed by atoms with Gasteiger partial charge in [-0.3, -0.25) is 9.59 Å². The minimum absolute atomic E-state index is 0.0460. The zero-order valence-corrected chi connectivity index (χ0v) is 20.5. The summed E-state index contributed by atoms with van der Waals surface area (Å²) in [4.78, 5) is 26.2. The van der Waals surface area contributed by atoms with Crippen LogP contribution in [0.4, 0.5) is 0 Å². The zero-order valence-electron chi connectivity index (χ0n) is 20.5. The maximum atomic E-state index is 13.3. The van der Waals surface area contributed by atoms with E-state index in [1.165, 1.54) is 30.3 Å². The average molecular weight is 513 g/mol. The molecule has 38 heavy (non-hydrogen) atoms. The summed E-state index contributed by atoms with van der Waals surface area (Å²) in [5, 5.41) is 54.5. The molecule has 6 rings (SSSR count). The number of benzene rings is 4. The second-order valence-electron chi connectivity index (χ2n) is 10.1. The smallest absolute Gasteiger partial charge is 0.193 e. The van der Waals surface area contributed by atoms with Crippen molar-refractivity contribution in [2.45, 2.75) is 32.1 Å². The molecule has 0 saturated carbocycles. The lowest BCUT2D eigenvalue weighted by Crippen LogP contribution is -2.24. The van der Waals surface area contributed by atoms with Crippen molar-refractivity contribution in [1.82, 2.24) is 0 Å². The van der Waals surface area contributed by atoms with Crippen molar-refractivity contribution in [3.8, 4) is 28.7 Å². The molecule has 1 heterocycles. The number of hydrogen-bond acceptors (Lipinski definition) is 8. The van der Waals surface area contributed by atoms with Crippen molar-refractivity contribution >= 4 is 38.5 Å². The number of rotatable bonds is 4. The van der Waals surface area contributed by atoms with E-state index in [1.54, 1.807) is 12.1 Å². The number of fused-ring (bicyclic) bond motifs is 2. The SMILES string of the molecule is C[C@@H]1c2c(O)cc(=O)c3c(O)cc4oc5cccc(O)c5c(c4c23)[C@H]1[C@@H](C)CC(=O)c1c(O)cccc1O. The van der Waals surface area contributed by atoms with Crippen LogP contribution in [0.15, 0.2) is 57.7 Å². The topological polar surface area (TPSA) is 148 Å². The Kier molecular flexibility index (Phi) is 5.07. The first-order valence-corrected chi connectivity index (χ1v) is 12.2. The summed E-state index contributed by atoms with van der Waals surface area (Å²) in [6.45, 7) is 3.70. The molecule has 0 unspecified atom stereocenters. The van der Waals surface area contributed by atoms with Gasteiger partial charge in [-0.2, -0.15) is 0 Å². The van der Waals surface area contributed by atoms with Crippen molar-refractivity contribution in [2.75, 3.05) is 0 Å². The number of Topliss-reactive ketones (excluding diaryl/α,β-unsaturated/α-hetero) is 1. The summed E-state index contributed by atoms with van der Waals surface area (Å²) in [7, 11) is 0. The highest BCUT2D eigenvalue weighted by atomic mass is 16.3. The number of carbonyl (C=O) groups excluding carboxylic acids is 1. The Morgan fingerprint density at radius 3 is 2.16 bits per heavy atom. The Bertz CT molecular complexity index is 1860. The van der Waals surface area contributed by atoms with Crippen LogP contribution < -0.4 is 5.43 Å². The third-order valence-corrected chi connectivity index (χ3v) is 7.84. The van der Waals surface area contributed by atoms with Gasteiger partial charge in [0.25, 0.3) is 0 Å². The molecule has 0 amide bonds. The third kappa shape index (κ3) is 3.16. The highest BCUT2D eigenvalue weighted by molar-refractivity contribution is 6.17. The molecule has 0 aliphatic heterocycles. The van der Waals surface area contributed by atoms with Crippen LogP contribution in [0.5, 0.6) is 28.7 Å². The normalized spacial score (nSPS) is 17.4. The van der Waals surface area contributed by atoms with Gasteiger partial charge in [0.2, 0.25) is 0 Å². The molecule has 5 N–H and O–H groups in total. The molecule has 0 spiro atoms. The van der Waals surface area contributed by atoms with E-state index in [2.05, 4.69) is 0 Å². The van der Waals surface area contributed by atoms with Crippen molar-refractivity contribution in [2.24, 2.45) is 5.92 Å². The summed E-state index contributed by atoms with van der Waals surface area (Å²) < 4.78 is 6.07. The van der Waals surface area contributed by atoms with E-state index in [-0.39, 0.29) is 51.7 Å². The minimum Gasteiger partial charge on any atom is -0.507 e. The standard InChI is InChI=1S/C30H24O8/c1-12(9-17(34)25-14(31)5-3-6-15(25)32)23-13(2)24-18(35)10-19(36)26-20(37)11-22-28(30(24)26)29(23)27-16(33)7-4-8-21(27)38-22/h3-8,10-13,23,31-33,35,37H,9H2,1-2H3/t12-,13-,23-/m0/s1. The Morgan fingerprint density at radius 1 is 0.789 bits per heavy atom. The lowest BCUT2D eigenvalue weighted by molar-refractivity contribution is 0.0951. The van der Waals surface area contributed by atoms with Gasteiger partial charge in [-0.15, -0.1) is 0 Å². The predicted octanol–water partition coefficient (Wildman–Crippen LogP) is 5.74. The number of ketones is 1. The number of aromatic hydroxyl groups is 5. The van der Waals surface area contributed by atoms with Gasteiger partial charge in [0.05, 0.1) is 10.8 Å². The Balaban J connectivity index is 1.67. The van der Waals surface area contributed by atoms with Crippen LogP contribution >= 0.6 is 0 Å². The van der Waals surface area contributed by atoms with E-state index in [1.807, 2.05) is 13.8 Å². The molecule has 1 aliphatic rings. The monoisotopic (exact) mass is 512 g/mol. The van der Waals surface area contributed by atoms with Crippen LogP contribution in [0.2, 0.25) is 0 Å². The van der Waals surface area contributed by atoms with Crippen molar-refractivity contribution < 1.29 is 34.7 Å². The highest BCUT2D eigenvalue weighted by Gasteiger charge is 2.39. The van der Waals surface area contributed by atoms with Crippen LogP contribution in [0.25, 0.3) is 32.7 Å². The lowest BCUT2D eigenvalue weighted by atomic mass is 9.67. The molecule has 1 aliphatic carbocycles. The predicted molar refractivity (Wildman–Crippen MR) is 142 cm³/mol. The largest absolute Gasteiger partial charge is 0.507 e. The molecular weight excluding hydrogens is 488 g/mol. The molecule has 0 saturated heterocycles. The van der Waals surface area contributed by atoms with Gasteiger partial charge < -0.3 is 29.9 Å². The highest BCUT2D eigenvalue weighted by Crippen LogP contribution is 2.56. The molecule has 0 fully saturated rings. The van der Waals surface area contributed by atoms with Crippen molar-refractivity contribution in [3.63, 3.8) is 0 Å². The van der Waals surface area contributed by atoms with Crippen LogP contribution in [0, 0.1) is 5.92 Å². The van der Waals surface area contributed by atoms with Crippen LogP contribution in [0.3, 0.4) is 0 Å². The quantitative estimate of drug-likeness (QED) is 0.116. The number of phenols is 5. The Labute approximate surface area is 215 Å². The molecule has 8 nitrogen and oxygen atoms in total. The summed E-state index contributed by atoms with van der Waals surface area (Å²) in [6, 6.07) is 11.4. The molecular formula is C30H24O8. The second kappa shape index (κ2) is 8.14. The maximum Gasteiger partial charge on any atom is 0.193 e. The van der Waals surface area contributed by atoms with Gasteiger partial charge in [0.1, 0.15) is 45.5 Å². The summed E-state index contributed by atoms with van der Waals surface area (Å²) in [5.41, 5.74) is 0.973. The van der Waals surface area contributed by atoms with E-state index >= 15 is 0 Å². The Morgan fingerprint density at radius 2 is 1.45 bits per heavy atom. The molecule has 1 aromatic heterocycles. The first-order valence-electron chi connectivity index (χ1n) is 12.2. The zero-order chi connectivity index (χ0) is 27.0. The van der Waals surface area contributed by atoms with Gasteiger partial charge in [-0.25, -0.2) is 0 Å². The van der Waals surface area contributed by atoms with E-state index in [9.17, 15) is 35.1 Å². The second-order valence-corrected chi connectivity index (χ2v) is 10.1. The van der Waals surface area contributed by atoms with E-state index in [0.29, 0.717) is 32.9 Å². The number of phenolic OH excluding ortho intramolecular Hbond substituents is 5. The lowest BCUT2D eigenvalue weighted by Gasteiger charge is -2.36. The fourth-order valence-corrected chi connectivity index (χ4v) is 6.37.